The van der Waals surface area contributed by atoms with Gasteiger partial charge in [0.05, 0.1) is 11.6 Å². The van der Waals surface area contributed by atoms with E-state index in [9.17, 15) is 0 Å². The number of aromatic nitrogens is 3. The van der Waals surface area contributed by atoms with E-state index in [2.05, 4.69) is 23.2 Å². The van der Waals surface area contributed by atoms with Crippen LogP contribution in [0.4, 0.5) is 0 Å². The summed E-state index contributed by atoms with van der Waals surface area (Å²) in [5.41, 5.74) is 1.40. The Kier molecular flexibility index (Phi) is 1.93. The highest BCUT2D eigenvalue weighted by Crippen LogP contribution is 2.41. The molecule has 1 unspecified atom stereocenters. The smallest absolute Gasteiger partial charge is 0.162 e. The minimum atomic E-state index is 0.461. The molecule has 4 heteroatoms. The fourth-order valence-electron chi connectivity index (χ4n) is 2.10. The van der Waals surface area contributed by atoms with E-state index in [1.807, 2.05) is 10.6 Å². The van der Waals surface area contributed by atoms with Gasteiger partial charge in [-0.15, -0.1) is 10.2 Å². The molecule has 16 heavy (non-hydrogen) atoms. The van der Waals surface area contributed by atoms with E-state index in [4.69, 9.17) is 5.26 Å². The molecular weight excluding hydrogens is 200 g/mol. The van der Waals surface area contributed by atoms with Gasteiger partial charge < -0.3 is 0 Å². The standard InChI is InChI=1S/C12H12N4/c1-8(10-2-3-10)12-15-14-11-6-9(7-13)4-5-16(11)12/h4-6,8,10H,2-3H2,1H3. The van der Waals surface area contributed by atoms with Gasteiger partial charge in [0, 0.05) is 18.2 Å². The predicted molar refractivity (Wildman–Crippen MR) is 58.8 cm³/mol. The first-order valence-electron chi connectivity index (χ1n) is 5.54. The number of fused-ring (bicyclic) bond motifs is 1. The summed E-state index contributed by atoms with van der Waals surface area (Å²) in [6.45, 7) is 2.20. The summed E-state index contributed by atoms with van der Waals surface area (Å²) in [6.07, 6.45) is 4.49. The van der Waals surface area contributed by atoms with Crippen molar-refractivity contribution in [2.75, 3.05) is 0 Å². The second-order valence-electron chi connectivity index (χ2n) is 4.44. The van der Waals surface area contributed by atoms with E-state index < -0.39 is 0 Å². The van der Waals surface area contributed by atoms with Crippen molar-refractivity contribution in [2.45, 2.75) is 25.7 Å². The molecule has 0 N–H and O–H groups in total. The Morgan fingerprint density at radius 2 is 2.31 bits per heavy atom. The minimum absolute atomic E-state index is 0.461. The molecule has 1 saturated carbocycles. The van der Waals surface area contributed by atoms with Crippen molar-refractivity contribution in [3.05, 3.63) is 29.7 Å². The molecule has 0 saturated heterocycles. The van der Waals surface area contributed by atoms with E-state index in [0.717, 1.165) is 17.4 Å². The average molecular weight is 212 g/mol. The lowest BCUT2D eigenvalue weighted by Gasteiger charge is -2.07. The summed E-state index contributed by atoms with van der Waals surface area (Å²) in [5.74, 6) is 2.24. The molecule has 0 radical (unpaired) electrons. The van der Waals surface area contributed by atoms with E-state index in [-0.39, 0.29) is 0 Å². The van der Waals surface area contributed by atoms with E-state index >= 15 is 0 Å². The van der Waals surface area contributed by atoms with E-state index in [1.165, 1.54) is 12.8 Å². The summed E-state index contributed by atoms with van der Waals surface area (Å²) in [6, 6.07) is 5.69. The number of hydrogen-bond donors (Lipinski definition) is 0. The lowest BCUT2D eigenvalue weighted by atomic mass is 10.1. The monoisotopic (exact) mass is 212 g/mol. The molecule has 0 aliphatic heterocycles. The van der Waals surface area contributed by atoms with Crippen molar-refractivity contribution >= 4 is 5.65 Å². The Bertz CT molecular complexity index is 574. The maximum atomic E-state index is 8.80. The Balaban J connectivity index is 2.10. The third kappa shape index (κ3) is 1.36. The molecule has 3 rings (SSSR count). The maximum Gasteiger partial charge on any atom is 0.162 e. The molecule has 0 bridgehead atoms. The van der Waals surface area contributed by atoms with Crippen LogP contribution in [0.5, 0.6) is 0 Å². The van der Waals surface area contributed by atoms with Crippen molar-refractivity contribution in [3.63, 3.8) is 0 Å². The molecular formula is C12H12N4. The topological polar surface area (TPSA) is 54.0 Å². The molecule has 80 valence electrons. The molecule has 4 nitrogen and oxygen atoms in total. The van der Waals surface area contributed by atoms with Crippen LogP contribution >= 0.6 is 0 Å². The Labute approximate surface area is 93.5 Å². The van der Waals surface area contributed by atoms with Gasteiger partial charge in [0.25, 0.3) is 0 Å². The lowest BCUT2D eigenvalue weighted by molar-refractivity contribution is 0.613. The van der Waals surface area contributed by atoms with Gasteiger partial charge in [-0.2, -0.15) is 5.26 Å². The van der Waals surface area contributed by atoms with E-state index in [1.54, 1.807) is 12.1 Å². The molecule has 0 aromatic carbocycles. The van der Waals surface area contributed by atoms with E-state index in [0.29, 0.717) is 11.5 Å². The molecule has 0 spiro atoms. The van der Waals surface area contributed by atoms with Crippen molar-refractivity contribution < 1.29 is 0 Å². The van der Waals surface area contributed by atoms with Crippen molar-refractivity contribution in [3.8, 4) is 6.07 Å². The molecule has 2 aromatic rings. The molecule has 1 aliphatic rings. The first kappa shape index (κ1) is 9.34. The zero-order valence-electron chi connectivity index (χ0n) is 9.09. The number of pyridine rings is 1. The molecule has 1 fully saturated rings. The number of rotatable bonds is 2. The van der Waals surface area contributed by atoms with Crippen molar-refractivity contribution in [1.82, 2.24) is 14.6 Å². The van der Waals surface area contributed by atoms with Crippen molar-refractivity contribution in [1.29, 1.82) is 5.26 Å². The molecule has 0 amide bonds. The lowest BCUT2D eigenvalue weighted by Crippen LogP contribution is -2.02. The van der Waals surface area contributed by atoms with Gasteiger partial charge in [0.1, 0.15) is 5.82 Å². The highest BCUT2D eigenvalue weighted by molar-refractivity contribution is 5.45. The summed E-state index contributed by atoms with van der Waals surface area (Å²) >= 11 is 0. The van der Waals surface area contributed by atoms with Crippen LogP contribution in [0.15, 0.2) is 18.3 Å². The van der Waals surface area contributed by atoms with Gasteiger partial charge in [0.2, 0.25) is 0 Å². The quantitative estimate of drug-likeness (QED) is 0.766. The summed E-state index contributed by atoms with van der Waals surface area (Å²) < 4.78 is 1.99. The zero-order valence-corrected chi connectivity index (χ0v) is 9.09. The van der Waals surface area contributed by atoms with Crippen LogP contribution < -0.4 is 0 Å². The second-order valence-corrected chi connectivity index (χ2v) is 4.44. The predicted octanol–water partition coefficient (Wildman–Crippen LogP) is 2.11. The van der Waals surface area contributed by atoms with Gasteiger partial charge in [-0.25, -0.2) is 0 Å². The van der Waals surface area contributed by atoms with Crippen LogP contribution in [0.25, 0.3) is 5.65 Å². The highest BCUT2D eigenvalue weighted by atomic mass is 15.2. The first-order valence-corrected chi connectivity index (χ1v) is 5.54. The molecule has 2 aromatic heterocycles. The summed E-state index contributed by atoms with van der Waals surface area (Å²) in [5, 5.41) is 17.2. The Morgan fingerprint density at radius 3 is 3.00 bits per heavy atom. The van der Waals surface area contributed by atoms with Gasteiger partial charge >= 0.3 is 0 Å². The SMILES string of the molecule is CC(c1nnc2cc(C#N)ccn12)C1CC1. The maximum absolute atomic E-state index is 8.80. The average Bonchev–Trinajstić information content (AvgIpc) is 3.08. The van der Waals surface area contributed by atoms with Gasteiger partial charge in [-0.3, -0.25) is 4.40 Å². The summed E-state index contributed by atoms with van der Waals surface area (Å²) in [7, 11) is 0. The van der Waals surface area contributed by atoms with Crippen LogP contribution in [-0.2, 0) is 0 Å². The Hall–Kier alpha value is -1.89. The first-order chi connectivity index (χ1) is 7.79. The fourth-order valence-corrected chi connectivity index (χ4v) is 2.10. The Morgan fingerprint density at radius 1 is 1.50 bits per heavy atom. The molecule has 2 heterocycles. The van der Waals surface area contributed by atoms with Crippen molar-refractivity contribution in [2.24, 2.45) is 5.92 Å². The number of nitrogens with zero attached hydrogens (tertiary/aromatic N) is 4. The third-order valence-corrected chi connectivity index (χ3v) is 3.30. The van der Waals surface area contributed by atoms with Gasteiger partial charge in [-0.05, 0) is 24.8 Å². The largest absolute Gasteiger partial charge is 0.286 e. The molecule has 1 aliphatic carbocycles. The normalized spacial score (nSPS) is 17.2. The number of nitriles is 1. The minimum Gasteiger partial charge on any atom is -0.286 e. The fraction of sp³-hybridized carbons (Fsp3) is 0.417. The van der Waals surface area contributed by atoms with Crippen LogP contribution in [0.2, 0.25) is 0 Å². The summed E-state index contributed by atoms with van der Waals surface area (Å²) in [4.78, 5) is 0. The van der Waals surface area contributed by atoms with Crippen LogP contribution in [0, 0.1) is 17.2 Å². The number of hydrogen-bond acceptors (Lipinski definition) is 3. The molecule has 1 atom stereocenters. The highest BCUT2D eigenvalue weighted by Gasteiger charge is 2.31. The zero-order chi connectivity index (χ0) is 11.1. The third-order valence-electron chi connectivity index (χ3n) is 3.30. The van der Waals surface area contributed by atoms with Gasteiger partial charge in [-0.1, -0.05) is 6.92 Å². The van der Waals surface area contributed by atoms with Crippen LogP contribution in [0.3, 0.4) is 0 Å². The van der Waals surface area contributed by atoms with Gasteiger partial charge in [0.15, 0.2) is 5.65 Å². The second kappa shape index (κ2) is 3.31. The van der Waals surface area contributed by atoms with Crippen LogP contribution in [-0.4, -0.2) is 14.6 Å². The van der Waals surface area contributed by atoms with Crippen LogP contribution in [0.1, 0.15) is 37.1 Å².